The third-order valence-corrected chi connectivity index (χ3v) is 5.49. The summed E-state index contributed by atoms with van der Waals surface area (Å²) in [5.41, 5.74) is 0.742. The number of sulfonamides is 1. The number of rotatable bonds is 5. The molecular formula is C14H18N4O4S. The third kappa shape index (κ3) is 3.45. The van der Waals surface area contributed by atoms with E-state index < -0.39 is 15.9 Å². The number of piperidine rings is 1. The van der Waals surface area contributed by atoms with E-state index >= 15 is 0 Å². The van der Waals surface area contributed by atoms with Gasteiger partial charge in [0.2, 0.25) is 5.09 Å². The Balaban J connectivity index is 1.68. The molecule has 0 aromatic carbocycles. The van der Waals surface area contributed by atoms with Gasteiger partial charge < -0.3 is 9.73 Å². The first-order chi connectivity index (χ1) is 11.1. The zero-order chi connectivity index (χ0) is 16.3. The van der Waals surface area contributed by atoms with E-state index in [1.165, 1.54) is 16.4 Å². The molecule has 1 aliphatic heterocycles. The quantitative estimate of drug-likeness (QED) is 0.849. The second-order valence-corrected chi connectivity index (χ2v) is 7.22. The molecular weight excluding hydrogens is 320 g/mol. The van der Waals surface area contributed by atoms with Crippen molar-refractivity contribution in [2.45, 2.75) is 30.9 Å². The topological polar surface area (TPSA) is 108 Å². The fourth-order valence-corrected chi connectivity index (χ4v) is 3.89. The maximum absolute atomic E-state index is 12.5. The SMILES string of the molecule is O=C(NCc1ccn[nH]1)c1ccc(S(=O)(=O)N2CCCCC2)o1. The molecule has 2 aromatic heterocycles. The van der Waals surface area contributed by atoms with Gasteiger partial charge in [-0.05, 0) is 31.0 Å². The lowest BCUT2D eigenvalue weighted by Crippen LogP contribution is -2.35. The Labute approximate surface area is 133 Å². The van der Waals surface area contributed by atoms with E-state index in [4.69, 9.17) is 4.42 Å². The van der Waals surface area contributed by atoms with E-state index in [1.807, 2.05) is 0 Å². The zero-order valence-electron chi connectivity index (χ0n) is 12.5. The third-order valence-electron chi connectivity index (χ3n) is 3.71. The van der Waals surface area contributed by atoms with Crippen LogP contribution in [0.5, 0.6) is 0 Å². The van der Waals surface area contributed by atoms with Crippen molar-refractivity contribution in [3.8, 4) is 0 Å². The molecule has 124 valence electrons. The van der Waals surface area contributed by atoms with Crippen molar-refractivity contribution >= 4 is 15.9 Å². The van der Waals surface area contributed by atoms with Crippen LogP contribution in [0.1, 0.15) is 35.5 Å². The molecule has 0 atom stereocenters. The number of nitrogens with one attached hydrogen (secondary N) is 2. The second-order valence-electron chi connectivity index (χ2n) is 5.35. The summed E-state index contributed by atoms with van der Waals surface area (Å²) in [5.74, 6) is -0.500. The second kappa shape index (κ2) is 6.55. The van der Waals surface area contributed by atoms with E-state index in [0.717, 1.165) is 25.0 Å². The van der Waals surface area contributed by atoms with Crippen LogP contribution in [0.15, 0.2) is 33.9 Å². The van der Waals surface area contributed by atoms with Crippen LogP contribution in [-0.4, -0.2) is 41.9 Å². The number of nitrogens with zero attached hydrogens (tertiary/aromatic N) is 2. The summed E-state index contributed by atoms with van der Waals surface area (Å²) in [6, 6.07) is 4.43. The normalized spacial score (nSPS) is 16.3. The number of hydrogen-bond acceptors (Lipinski definition) is 5. The zero-order valence-corrected chi connectivity index (χ0v) is 13.3. The van der Waals surface area contributed by atoms with Gasteiger partial charge in [-0.15, -0.1) is 0 Å². The van der Waals surface area contributed by atoms with Crippen LogP contribution in [0.3, 0.4) is 0 Å². The molecule has 9 heteroatoms. The van der Waals surface area contributed by atoms with E-state index in [1.54, 1.807) is 12.3 Å². The fourth-order valence-electron chi connectivity index (χ4n) is 2.46. The first-order valence-electron chi connectivity index (χ1n) is 7.44. The molecule has 3 heterocycles. The molecule has 0 saturated carbocycles. The Hall–Kier alpha value is -2.13. The van der Waals surface area contributed by atoms with Crippen LogP contribution in [0.4, 0.5) is 0 Å². The Morgan fingerprint density at radius 3 is 2.74 bits per heavy atom. The van der Waals surface area contributed by atoms with Crippen molar-refractivity contribution in [1.29, 1.82) is 0 Å². The Kier molecular flexibility index (Phi) is 4.49. The standard InChI is InChI=1S/C14H18N4O4S/c19-14(15-10-11-6-7-16-17-11)12-4-5-13(22-12)23(20,21)18-8-2-1-3-9-18/h4-7H,1-3,8-10H2,(H,15,19)(H,16,17). The number of H-pyrrole nitrogens is 1. The minimum atomic E-state index is -3.66. The number of aromatic nitrogens is 2. The first kappa shape index (κ1) is 15.8. The maximum Gasteiger partial charge on any atom is 0.287 e. The van der Waals surface area contributed by atoms with Crippen molar-refractivity contribution in [1.82, 2.24) is 19.8 Å². The molecule has 1 saturated heterocycles. The molecule has 2 N–H and O–H groups in total. The highest BCUT2D eigenvalue weighted by Crippen LogP contribution is 2.22. The predicted molar refractivity (Wildman–Crippen MR) is 81.1 cm³/mol. The Bertz CT molecular complexity index is 761. The van der Waals surface area contributed by atoms with Crippen molar-refractivity contribution in [3.05, 3.63) is 35.9 Å². The van der Waals surface area contributed by atoms with Gasteiger partial charge in [-0.1, -0.05) is 6.42 Å². The fraction of sp³-hybridized carbons (Fsp3) is 0.429. The average molecular weight is 338 g/mol. The maximum atomic E-state index is 12.5. The Morgan fingerprint density at radius 2 is 2.04 bits per heavy atom. The van der Waals surface area contributed by atoms with Gasteiger partial charge in [0.15, 0.2) is 5.76 Å². The highest BCUT2D eigenvalue weighted by atomic mass is 32.2. The lowest BCUT2D eigenvalue weighted by atomic mass is 10.2. The molecule has 0 aliphatic carbocycles. The highest BCUT2D eigenvalue weighted by molar-refractivity contribution is 7.89. The number of hydrogen-bond donors (Lipinski definition) is 2. The van der Waals surface area contributed by atoms with Crippen LogP contribution < -0.4 is 5.32 Å². The van der Waals surface area contributed by atoms with Crippen LogP contribution in [-0.2, 0) is 16.6 Å². The summed E-state index contributed by atoms with van der Waals surface area (Å²) < 4.78 is 31.6. The summed E-state index contributed by atoms with van der Waals surface area (Å²) in [5, 5.41) is 8.94. The smallest absolute Gasteiger partial charge is 0.287 e. The largest absolute Gasteiger partial charge is 0.438 e. The Morgan fingerprint density at radius 1 is 1.26 bits per heavy atom. The first-order valence-corrected chi connectivity index (χ1v) is 8.88. The van der Waals surface area contributed by atoms with Crippen LogP contribution >= 0.6 is 0 Å². The lowest BCUT2D eigenvalue weighted by molar-refractivity contribution is 0.0917. The summed E-state index contributed by atoms with van der Waals surface area (Å²) in [6.45, 7) is 1.24. The average Bonchev–Trinajstić information content (AvgIpc) is 3.25. The summed E-state index contributed by atoms with van der Waals surface area (Å²) >= 11 is 0. The molecule has 1 aliphatic rings. The van der Waals surface area contributed by atoms with E-state index in [0.29, 0.717) is 13.1 Å². The lowest BCUT2D eigenvalue weighted by Gasteiger charge is -2.24. The molecule has 0 unspecified atom stereocenters. The molecule has 8 nitrogen and oxygen atoms in total. The highest BCUT2D eigenvalue weighted by Gasteiger charge is 2.29. The number of carbonyl (C=O) groups is 1. The molecule has 3 rings (SSSR count). The van der Waals surface area contributed by atoms with E-state index in [9.17, 15) is 13.2 Å². The van der Waals surface area contributed by atoms with Crippen molar-refractivity contribution in [2.75, 3.05) is 13.1 Å². The van der Waals surface area contributed by atoms with E-state index in [2.05, 4.69) is 15.5 Å². The molecule has 0 bridgehead atoms. The van der Waals surface area contributed by atoms with Crippen molar-refractivity contribution in [3.63, 3.8) is 0 Å². The molecule has 23 heavy (non-hydrogen) atoms. The monoisotopic (exact) mass is 338 g/mol. The molecule has 0 radical (unpaired) electrons. The number of amides is 1. The van der Waals surface area contributed by atoms with Crippen LogP contribution in [0, 0.1) is 0 Å². The van der Waals surface area contributed by atoms with Crippen LogP contribution in [0.2, 0.25) is 0 Å². The number of furan rings is 1. The number of carbonyl (C=O) groups excluding carboxylic acids is 1. The molecule has 1 amide bonds. The van der Waals surface area contributed by atoms with Gasteiger partial charge in [0.1, 0.15) is 0 Å². The van der Waals surface area contributed by atoms with Gasteiger partial charge in [0.05, 0.1) is 12.2 Å². The van der Waals surface area contributed by atoms with Gasteiger partial charge >= 0.3 is 0 Å². The van der Waals surface area contributed by atoms with Gasteiger partial charge in [0, 0.05) is 19.3 Å². The summed E-state index contributed by atoms with van der Waals surface area (Å²) in [4.78, 5) is 12.0. The minimum absolute atomic E-state index is 0.0277. The predicted octanol–water partition coefficient (Wildman–Crippen LogP) is 1.11. The molecule has 2 aromatic rings. The van der Waals surface area contributed by atoms with Gasteiger partial charge in [-0.25, -0.2) is 8.42 Å². The van der Waals surface area contributed by atoms with Gasteiger partial charge in [-0.3, -0.25) is 9.89 Å². The number of aromatic amines is 1. The van der Waals surface area contributed by atoms with Crippen molar-refractivity contribution < 1.29 is 17.6 Å². The molecule has 1 fully saturated rings. The summed E-state index contributed by atoms with van der Waals surface area (Å²) in [7, 11) is -3.66. The summed E-state index contributed by atoms with van der Waals surface area (Å²) in [6.07, 6.45) is 4.30. The van der Waals surface area contributed by atoms with Crippen LogP contribution in [0.25, 0.3) is 0 Å². The van der Waals surface area contributed by atoms with Gasteiger partial charge in [-0.2, -0.15) is 9.40 Å². The molecule has 0 spiro atoms. The van der Waals surface area contributed by atoms with Crippen molar-refractivity contribution in [2.24, 2.45) is 0 Å². The van der Waals surface area contributed by atoms with E-state index in [-0.39, 0.29) is 17.4 Å². The minimum Gasteiger partial charge on any atom is -0.438 e. The van der Waals surface area contributed by atoms with Gasteiger partial charge in [0.25, 0.3) is 15.9 Å².